The second-order valence-corrected chi connectivity index (χ2v) is 7.13. The Morgan fingerprint density at radius 1 is 1.32 bits per heavy atom. The third-order valence-electron chi connectivity index (χ3n) is 4.94. The summed E-state index contributed by atoms with van der Waals surface area (Å²) in [5.74, 6) is -2.20. The van der Waals surface area contributed by atoms with E-state index in [0.29, 0.717) is 5.56 Å². The van der Waals surface area contributed by atoms with E-state index >= 15 is 0 Å². The minimum Gasteiger partial charge on any atom is -0.479 e. The van der Waals surface area contributed by atoms with Crippen molar-refractivity contribution in [3.05, 3.63) is 41.5 Å². The Balaban J connectivity index is 1.75. The number of aromatic nitrogens is 2. The summed E-state index contributed by atoms with van der Waals surface area (Å²) in [4.78, 5) is 23.6. The van der Waals surface area contributed by atoms with Gasteiger partial charge < -0.3 is 15.2 Å². The predicted octanol–water partition coefficient (Wildman–Crippen LogP) is 3.71. The lowest BCUT2D eigenvalue weighted by Crippen LogP contribution is -2.23. The van der Waals surface area contributed by atoms with E-state index in [1.54, 1.807) is 17.9 Å². The van der Waals surface area contributed by atoms with Gasteiger partial charge in [0.2, 0.25) is 0 Å². The fraction of sp³-hybridized carbons (Fsp3) is 0.450. The molecule has 1 amide bonds. The molecule has 0 bridgehead atoms. The smallest absolute Gasteiger partial charge is 0.344 e. The molecule has 2 N–H and O–H groups in total. The van der Waals surface area contributed by atoms with Gasteiger partial charge in [-0.3, -0.25) is 9.48 Å². The fourth-order valence-corrected chi connectivity index (χ4v) is 3.47. The summed E-state index contributed by atoms with van der Waals surface area (Å²) in [5, 5.41) is 16.0. The van der Waals surface area contributed by atoms with E-state index in [2.05, 4.69) is 10.4 Å². The molecule has 1 aliphatic rings. The monoisotopic (exact) mass is 389 g/mol. The maximum atomic E-state index is 14.2. The first-order valence-corrected chi connectivity index (χ1v) is 9.39. The van der Waals surface area contributed by atoms with Gasteiger partial charge in [0, 0.05) is 30.9 Å². The van der Waals surface area contributed by atoms with Gasteiger partial charge >= 0.3 is 5.97 Å². The molecule has 0 saturated heterocycles. The van der Waals surface area contributed by atoms with Crippen LogP contribution in [0.3, 0.4) is 0 Å². The Morgan fingerprint density at radius 3 is 2.68 bits per heavy atom. The summed E-state index contributed by atoms with van der Waals surface area (Å²) in [6.07, 6.45) is 6.00. The summed E-state index contributed by atoms with van der Waals surface area (Å²) in [6, 6.07) is 3.88. The lowest BCUT2D eigenvalue weighted by Gasteiger charge is -2.20. The number of benzene rings is 1. The molecule has 2 aromatic rings. The normalized spacial score (nSPS) is 15.8. The highest BCUT2D eigenvalue weighted by molar-refractivity contribution is 6.05. The van der Waals surface area contributed by atoms with Crippen molar-refractivity contribution >= 4 is 17.6 Å². The highest BCUT2D eigenvalue weighted by atomic mass is 19.1. The number of aliphatic carboxylic acids is 1. The van der Waals surface area contributed by atoms with Crippen LogP contribution in [0.15, 0.2) is 24.4 Å². The topological polar surface area (TPSA) is 93.5 Å². The molecular formula is C20H24FN3O4. The maximum Gasteiger partial charge on any atom is 0.344 e. The molecule has 8 heteroatoms. The maximum absolute atomic E-state index is 14.2. The zero-order valence-electron chi connectivity index (χ0n) is 15.9. The number of rotatable bonds is 6. The number of halogens is 1. The highest BCUT2D eigenvalue weighted by Gasteiger charge is 2.25. The molecule has 1 saturated carbocycles. The van der Waals surface area contributed by atoms with Crippen LogP contribution in [0.2, 0.25) is 0 Å². The van der Waals surface area contributed by atoms with Gasteiger partial charge in [-0.2, -0.15) is 5.10 Å². The number of anilines is 1. The van der Waals surface area contributed by atoms with Crippen molar-refractivity contribution in [3.63, 3.8) is 0 Å². The largest absolute Gasteiger partial charge is 0.479 e. The molecule has 0 aliphatic heterocycles. The molecule has 1 aromatic heterocycles. The molecule has 0 spiro atoms. The van der Waals surface area contributed by atoms with Gasteiger partial charge in [0.1, 0.15) is 0 Å². The van der Waals surface area contributed by atoms with Crippen LogP contribution in [0, 0.1) is 5.82 Å². The van der Waals surface area contributed by atoms with Gasteiger partial charge in [0.25, 0.3) is 5.91 Å². The minimum atomic E-state index is -1.19. The lowest BCUT2D eigenvalue weighted by atomic mass is 9.85. The summed E-state index contributed by atoms with van der Waals surface area (Å²) in [6.45, 7) is 1.31. The molecule has 28 heavy (non-hydrogen) atoms. The number of carbonyl (C=O) groups is 2. The number of aryl methyl sites for hydroxylation is 1. The first-order valence-electron chi connectivity index (χ1n) is 9.39. The van der Waals surface area contributed by atoms with E-state index in [4.69, 9.17) is 9.84 Å². The Kier molecular flexibility index (Phi) is 5.96. The number of hydrogen-bond acceptors (Lipinski definition) is 4. The van der Waals surface area contributed by atoms with E-state index in [1.165, 1.54) is 25.5 Å². The molecule has 1 aliphatic carbocycles. The molecule has 1 aromatic carbocycles. The van der Waals surface area contributed by atoms with E-state index < -0.39 is 17.9 Å². The Labute approximate surface area is 162 Å². The molecule has 7 nitrogen and oxygen atoms in total. The van der Waals surface area contributed by atoms with Gasteiger partial charge in [-0.1, -0.05) is 19.3 Å². The number of amides is 1. The lowest BCUT2D eigenvalue weighted by molar-refractivity contribution is -0.144. The van der Waals surface area contributed by atoms with Crippen LogP contribution in [-0.4, -0.2) is 32.9 Å². The van der Waals surface area contributed by atoms with Crippen molar-refractivity contribution in [2.75, 3.05) is 5.32 Å². The van der Waals surface area contributed by atoms with Crippen LogP contribution in [0.1, 0.15) is 61.0 Å². The second kappa shape index (κ2) is 8.41. The number of hydrogen-bond donors (Lipinski definition) is 2. The average Bonchev–Trinajstić information content (AvgIpc) is 3.06. The van der Waals surface area contributed by atoms with Gasteiger partial charge in [-0.15, -0.1) is 0 Å². The van der Waals surface area contributed by atoms with Gasteiger partial charge in [-0.05, 0) is 31.9 Å². The third kappa shape index (κ3) is 4.49. The van der Waals surface area contributed by atoms with Crippen LogP contribution in [0.25, 0.3) is 0 Å². The van der Waals surface area contributed by atoms with Crippen LogP contribution in [-0.2, 0) is 11.8 Å². The highest BCUT2D eigenvalue weighted by Crippen LogP contribution is 2.33. The van der Waals surface area contributed by atoms with Gasteiger partial charge in [-0.25, -0.2) is 9.18 Å². The molecule has 0 radical (unpaired) electrons. The standard InChI is InChI=1S/C20H24FN3O4/c1-12(20(26)27)28-17-9-8-14(10-16(17)21)22-19(25)15-11-24(2)23-18(15)13-6-4-3-5-7-13/h8-13H,3-7H2,1-2H3,(H,22,25)(H,26,27). The number of nitrogens with one attached hydrogen (secondary N) is 1. The fourth-order valence-electron chi connectivity index (χ4n) is 3.47. The summed E-state index contributed by atoms with van der Waals surface area (Å²) in [7, 11) is 1.78. The number of carboxylic acids is 1. The molecule has 1 fully saturated rings. The van der Waals surface area contributed by atoms with Crippen molar-refractivity contribution in [1.82, 2.24) is 9.78 Å². The molecule has 1 atom stereocenters. The van der Waals surface area contributed by atoms with Gasteiger partial charge in [0.05, 0.1) is 11.3 Å². The van der Waals surface area contributed by atoms with E-state index in [-0.39, 0.29) is 23.3 Å². The second-order valence-electron chi connectivity index (χ2n) is 7.13. The van der Waals surface area contributed by atoms with Crippen molar-refractivity contribution in [1.29, 1.82) is 0 Å². The van der Waals surface area contributed by atoms with Gasteiger partial charge in [0.15, 0.2) is 17.7 Å². The first-order chi connectivity index (χ1) is 13.3. The van der Waals surface area contributed by atoms with Crippen LogP contribution in [0.5, 0.6) is 5.75 Å². The zero-order valence-corrected chi connectivity index (χ0v) is 15.9. The van der Waals surface area contributed by atoms with Crippen molar-refractivity contribution in [2.24, 2.45) is 7.05 Å². The number of ether oxygens (including phenoxy) is 1. The van der Waals surface area contributed by atoms with Crippen LogP contribution in [0.4, 0.5) is 10.1 Å². The predicted molar refractivity (Wildman–Crippen MR) is 101 cm³/mol. The summed E-state index contributed by atoms with van der Waals surface area (Å²) in [5.41, 5.74) is 1.54. The van der Waals surface area contributed by atoms with Crippen molar-refractivity contribution in [3.8, 4) is 5.75 Å². The Hall–Kier alpha value is -2.90. The molecule has 1 heterocycles. The molecule has 1 unspecified atom stereocenters. The Bertz CT molecular complexity index is 874. The summed E-state index contributed by atoms with van der Waals surface area (Å²) < 4.78 is 20.9. The number of carbonyl (C=O) groups excluding carboxylic acids is 1. The van der Waals surface area contributed by atoms with Crippen LogP contribution < -0.4 is 10.1 Å². The van der Waals surface area contributed by atoms with E-state index in [9.17, 15) is 14.0 Å². The Morgan fingerprint density at radius 2 is 2.04 bits per heavy atom. The third-order valence-corrected chi connectivity index (χ3v) is 4.94. The molecule has 150 valence electrons. The number of nitrogens with zero attached hydrogens (tertiary/aromatic N) is 2. The summed E-state index contributed by atoms with van der Waals surface area (Å²) >= 11 is 0. The zero-order chi connectivity index (χ0) is 20.3. The van der Waals surface area contributed by atoms with E-state index in [0.717, 1.165) is 37.4 Å². The SMILES string of the molecule is CC(Oc1ccc(NC(=O)c2cn(C)nc2C2CCCCC2)cc1F)C(=O)O. The first kappa shape index (κ1) is 19.9. The number of carboxylic acid groups (broad SMARTS) is 1. The van der Waals surface area contributed by atoms with Crippen molar-refractivity contribution < 1.29 is 23.8 Å². The molecule has 3 rings (SSSR count). The quantitative estimate of drug-likeness (QED) is 0.786. The average molecular weight is 389 g/mol. The van der Waals surface area contributed by atoms with Crippen LogP contribution >= 0.6 is 0 Å². The molecular weight excluding hydrogens is 365 g/mol. The minimum absolute atomic E-state index is 0.183. The van der Waals surface area contributed by atoms with Crippen molar-refractivity contribution in [2.45, 2.75) is 51.0 Å². The van der Waals surface area contributed by atoms with E-state index in [1.807, 2.05) is 0 Å².